The van der Waals surface area contributed by atoms with E-state index in [1.54, 1.807) is 37.6 Å². The summed E-state index contributed by atoms with van der Waals surface area (Å²) in [5.74, 6) is -0.319. The third-order valence-corrected chi connectivity index (χ3v) is 3.77. The Labute approximate surface area is 144 Å². The van der Waals surface area contributed by atoms with Crippen LogP contribution in [-0.2, 0) is 13.6 Å². The van der Waals surface area contributed by atoms with E-state index in [4.69, 9.17) is 4.74 Å². The summed E-state index contributed by atoms with van der Waals surface area (Å²) in [7, 11) is 3.12. The van der Waals surface area contributed by atoms with Crippen LogP contribution in [0.15, 0.2) is 48.8 Å². The van der Waals surface area contributed by atoms with E-state index in [1.165, 1.54) is 17.9 Å². The molecule has 0 aliphatic carbocycles. The molecule has 3 rings (SSSR count). The molecule has 128 valence electrons. The average Bonchev–Trinajstić information content (AvgIpc) is 3.02. The summed E-state index contributed by atoms with van der Waals surface area (Å²) >= 11 is 0. The zero-order valence-electron chi connectivity index (χ0n) is 13.9. The third kappa shape index (κ3) is 3.65. The molecule has 0 saturated carbocycles. The number of ether oxygens (including phenoxy) is 1. The molecule has 1 amide bonds. The van der Waals surface area contributed by atoms with Crippen LogP contribution in [0.1, 0.15) is 16.1 Å². The fourth-order valence-electron chi connectivity index (χ4n) is 2.42. The summed E-state index contributed by atoms with van der Waals surface area (Å²) in [4.78, 5) is 16.3. The number of aryl methyl sites for hydroxylation is 1. The van der Waals surface area contributed by atoms with E-state index < -0.39 is 5.82 Å². The van der Waals surface area contributed by atoms with Gasteiger partial charge in [0.15, 0.2) is 0 Å². The Morgan fingerprint density at radius 3 is 2.68 bits per heavy atom. The van der Waals surface area contributed by atoms with Crippen LogP contribution in [0.5, 0.6) is 5.75 Å². The summed E-state index contributed by atoms with van der Waals surface area (Å²) < 4.78 is 20.6. The second kappa shape index (κ2) is 7.12. The second-order valence-corrected chi connectivity index (χ2v) is 5.42. The number of halogens is 1. The maximum atomic E-state index is 14.2. The van der Waals surface area contributed by atoms with Crippen molar-refractivity contribution in [3.63, 3.8) is 0 Å². The topological polar surface area (TPSA) is 69.0 Å². The highest BCUT2D eigenvalue weighted by molar-refractivity contribution is 5.93. The van der Waals surface area contributed by atoms with Crippen molar-refractivity contribution < 1.29 is 13.9 Å². The van der Waals surface area contributed by atoms with Crippen molar-refractivity contribution in [1.29, 1.82) is 0 Å². The normalized spacial score (nSPS) is 10.5. The highest BCUT2D eigenvalue weighted by atomic mass is 19.1. The van der Waals surface area contributed by atoms with Gasteiger partial charge < -0.3 is 10.1 Å². The Bertz CT molecular complexity index is 893. The Balaban J connectivity index is 1.79. The lowest BCUT2D eigenvalue weighted by Gasteiger charge is -2.04. The SMILES string of the molecule is COc1ccc(-c2cc(C(=O)NCc3ccncc3)n(C)n2)c(F)c1. The third-order valence-electron chi connectivity index (χ3n) is 3.77. The van der Waals surface area contributed by atoms with E-state index in [2.05, 4.69) is 15.4 Å². The summed E-state index contributed by atoms with van der Waals surface area (Å²) in [6.45, 7) is 0.374. The number of pyridine rings is 1. The lowest BCUT2D eigenvalue weighted by Crippen LogP contribution is -2.25. The molecule has 1 aromatic carbocycles. The van der Waals surface area contributed by atoms with Gasteiger partial charge in [-0.05, 0) is 35.9 Å². The Kier molecular flexibility index (Phi) is 4.74. The number of amides is 1. The predicted molar refractivity (Wildman–Crippen MR) is 90.6 cm³/mol. The number of carbonyl (C=O) groups excluding carboxylic acids is 1. The van der Waals surface area contributed by atoms with Crippen LogP contribution in [0.3, 0.4) is 0 Å². The van der Waals surface area contributed by atoms with Crippen molar-refractivity contribution in [1.82, 2.24) is 20.1 Å². The summed E-state index contributed by atoms with van der Waals surface area (Å²) in [5.41, 5.74) is 1.98. The smallest absolute Gasteiger partial charge is 0.269 e. The van der Waals surface area contributed by atoms with Gasteiger partial charge in [0, 0.05) is 37.6 Å². The van der Waals surface area contributed by atoms with Crippen molar-refractivity contribution in [2.24, 2.45) is 7.05 Å². The molecule has 0 bridgehead atoms. The zero-order chi connectivity index (χ0) is 17.8. The number of benzene rings is 1. The number of nitrogens with zero attached hydrogens (tertiary/aromatic N) is 3. The molecule has 0 saturated heterocycles. The van der Waals surface area contributed by atoms with E-state index in [0.717, 1.165) is 5.56 Å². The van der Waals surface area contributed by atoms with Gasteiger partial charge in [-0.2, -0.15) is 5.10 Å². The number of hydrogen-bond donors (Lipinski definition) is 1. The van der Waals surface area contributed by atoms with Crippen molar-refractivity contribution in [3.8, 4) is 17.0 Å². The molecule has 0 atom stereocenters. The quantitative estimate of drug-likeness (QED) is 0.775. The van der Waals surface area contributed by atoms with E-state index in [0.29, 0.717) is 29.2 Å². The van der Waals surface area contributed by atoms with Gasteiger partial charge in [0.2, 0.25) is 0 Å². The van der Waals surface area contributed by atoms with Gasteiger partial charge in [0.05, 0.1) is 12.8 Å². The molecule has 0 spiro atoms. The molecule has 0 radical (unpaired) electrons. The summed E-state index contributed by atoms with van der Waals surface area (Å²) in [6, 6.07) is 9.72. The summed E-state index contributed by atoms with van der Waals surface area (Å²) in [5, 5.41) is 7.05. The minimum absolute atomic E-state index is 0.285. The van der Waals surface area contributed by atoms with Crippen LogP contribution in [0.4, 0.5) is 4.39 Å². The first-order valence-electron chi connectivity index (χ1n) is 7.63. The molecular weight excluding hydrogens is 323 g/mol. The van der Waals surface area contributed by atoms with Crippen LogP contribution >= 0.6 is 0 Å². The number of carbonyl (C=O) groups is 1. The fraction of sp³-hybridized carbons (Fsp3) is 0.167. The van der Waals surface area contributed by atoms with Crippen LogP contribution in [0, 0.1) is 5.82 Å². The number of methoxy groups -OCH3 is 1. The van der Waals surface area contributed by atoms with Gasteiger partial charge in [0.25, 0.3) is 5.91 Å². The minimum atomic E-state index is -0.457. The molecule has 0 unspecified atom stereocenters. The monoisotopic (exact) mass is 340 g/mol. The van der Waals surface area contributed by atoms with Crippen molar-refractivity contribution in [2.75, 3.05) is 7.11 Å². The highest BCUT2D eigenvalue weighted by Crippen LogP contribution is 2.25. The maximum absolute atomic E-state index is 14.2. The molecule has 6 nitrogen and oxygen atoms in total. The molecule has 2 aromatic heterocycles. The van der Waals surface area contributed by atoms with Crippen molar-refractivity contribution >= 4 is 5.91 Å². The second-order valence-electron chi connectivity index (χ2n) is 5.42. The van der Waals surface area contributed by atoms with Crippen molar-refractivity contribution in [3.05, 3.63) is 65.9 Å². The largest absolute Gasteiger partial charge is 0.497 e. The first-order valence-corrected chi connectivity index (χ1v) is 7.63. The molecule has 1 N–H and O–H groups in total. The van der Waals surface area contributed by atoms with Crippen LogP contribution in [-0.4, -0.2) is 27.8 Å². The minimum Gasteiger partial charge on any atom is -0.497 e. The van der Waals surface area contributed by atoms with Gasteiger partial charge in [-0.3, -0.25) is 14.5 Å². The van der Waals surface area contributed by atoms with Crippen molar-refractivity contribution in [2.45, 2.75) is 6.54 Å². The first kappa shape index (κ1) is 16.6. The van der Waals surface area contributed by atoms with E-state index in [9.17, 15) is 9.18 Å². The molecule has 3 aromatic rings. The lowest BCUT2D eigenvalue weighted by atomic mass is 10.1. The Morgan fingerprint density at radius 2 is 2.00 bits per heavy atom. The van der Waals surface area contributed by atoms with Gasteiger partial charge in [-0.1, -0.05) is 0 Å². The molecule has 0 aliphatic rings. The molecule has 0 aliphatic heterocycles. The van der Waals surface area contributed by atoms with E-state index in [-0.39, 0.29) is 5.91 Å². The fourth-order valence-corrected chi connectivity index (χ4v) is 2.42. The van der Waals surface area contributed by atoms with Gasteiger partial charge in [-0.15, -0.1) is 0 Å². The number of rotatable bonds is 5. The van der Waals surface area contributed by atoms with Gasteiger partial charge in [-0.25, -0.2) is 4.39 Å². The summed E-state index contributed by atoms with van der Waals surface area (Å²) in [6.07, 6.45) is 3.33. The molecule has 2 heterocycles. The number of aromatic nitrogens is 3. The number of hydrogen-bond acceptors (Lipinski definition) is 4. The number of nitrogens with one attached hydrogen (secondary N) is 1. The molecular formula is C18H17FN4O2. The molecule has 7 heteroatoms. The van der Waals surface area contributed by atoms with E-state index >= 15 is 0 Å². The predicted octanol–water partition coefficient (Wildman–Crippen LogP) is 2.56. The zero-order valence-corrected chi connectivity index (χ0v) is 13.9. The van der Waals surface area contributed by atoms with E-state index in [1.807, 2.05) is 12.1 Å². The standard InChI is InChI=1S/C18H17FN4O2/c1-23-17(18(24)21-11-12-5-7-20-8-6-12)10-16(22-23)14-4-3-13(25-2)9-15(14)19/h3-10H,11H2,1-2H3,(H,21,24). The molecule has 0 fully saturated rings. The molecule has 25 heavy (non-hydrogen) atoms. The Hall–Kier alpha value is -3.22. The highest BCUT2D eigenvalue weighted by Gasteiger charge is 2.16. The van der Waals surface area contributed by atoms with Crippen LogP contribution < -0.4 is 10.1 Å². The van der Waals surface area contributed by atoms with Gasteiger partial charge in [0.1, 0.15) is 17.3 Å². The van der Waals surface area contributed by atoms with Crippen LogP contribution in [0.25, 0.3) is 11.3 Å². The lowest BCUT2D eigenvalue weighted by molar-refractivity contribution is 0.0941. The van der Waals surface area contributed by atoms with Crippen LogP contribution in [0.2, 0.25) is 0 Å². The first-order chi connectivity index (χ1) is 12.1. The Morgan fingerprint density at radius 1 is 1.24 bits per heavy atom. The average molecular weight is 340 g/mol. The van der Waals surface area contributed by atoms with Gasteiger partial charge >= 0.3 is 0 Å². The maximum Gasteiger partial charge on any atom is 0.269 e.